The highest BCUT2D eigenvalue weighted by atomic mass is 16.5. The minimum Gasteiger partial charge on any atom is -0.493 e. The maximum absolute atomic E-state index is 13.2. The second-order valence-corrected chi connectivity index (χ2v) is 9.34. The molecular weight excluding hydrogens is 434 g/mol. The number of nitrogens with one attached hydrogen (secondary N) is 1. The number of carbonyl (C=O) groups is 2. The number of aromatic amines is 1. The fourth-order valence-corrected chi connectivity index (χ4v) is 5.36. The van der Waals surface area contributed by atoms with Crippen molar-refractivity contribution in [1.29, 1.82) is 0 Å². The van der Waals surface area contributed by atoms with Gasteiger partial charge >= 0.3 is 5.97 Å². The fourth-order valence-electron chi connectivity index (χ4n) is 5.36. The van der Waals surface area contributed by atoms with Crippen molar-refractivity contribution >= 4 is 11.8 Å². The van der Waals surface area contributed by atoms with Crippen LogP contribution in [0.15, 0.2) is 12.1 Å². The molecular formula is C27H35NO6. The Morgan fingerprint density at radius 3 is 2.12 bits per heavy atom. The number of ether oxygens (including phenoxy) is 4. The van der Waals surface area contributed by atoms with Crippen LogP contribution in [0.25, 0.3) is 0 Å². The van der Waals surface area contributed by atoms with Crippen molar-refractivity contribution in [2.75, 3.05) is 21.3 Å². The summed E-state index contributed by atoms with van der Waals surface area (Å²) in [5.41, 5.74) is 3.45. The Bertz CT molecular complexity index is 1020. The molecule has 7 heteroatoms. The van der Waals surface area contributed by atoms with Crippen LogP contribution in [0.5, 0.6) is 17.2 Å². The average Bonchev–Trinajstić information content (AvgIpc) is 3.16. The molecule has 4 rings (SSSR count). The molecule has 0 unspecified atom stereocenters. The number of fused-ring (bicyclic) bond motifs is 1. The third kappa shape index (κ3) is 4.79. The van der Waals surface area contributed by atoms with Crippen LogP contribution < -0.4 is 14.2 Å². The summed E-state index contributed by atoms with van der Waals surface area (Å²) in [5.74, 6) is 1.24. The van der Waals surface area contributed by atoms with E-state index in [0.29, 0.717) is 46.9 Å². The maximum atomic E-state index is 13.2. The van der Waals surface area contributed by atoms with E-state index in [-0.39, 0.29) is 23.8 Å². The first kappa shape index (κ1) is 24.2. The van der Waals surface area contributed by atoms with Gasteiger partial charge in [-0.2, -0.15) is 0 Å². The summed E-state index contributed by atoms with van der Waals surface area (Å²) in [5, 5.41) is 0. The first-order valence-electron chi connectivity index (χ1n) is 12.2. The molecule has 0 spiro atoms. The number of H-pyrrole nitrogens is 1. The Balaban J connectivity index is 1.57. The number of esters is 1. The zero-order valence-corrected chi connectivity index (χ0v) is 20.6. The monoisotopic (exact) mass is 469 g/mol. The summed E-state index contributed by atoms with van der Waals surface area (Å²) >= 11 is 0. The average molecular weight is 470 g/mol. The van der Waals surface area contributed by atoms with Gasteiger partial charge in [-0.05, 0) is 68.2 Å². The molecule has 184 valence electrons. The molecule has 1 heterocycles. The molecule has 0 saturated heterocycles. The molecule has 1 saturated carbocycles. The Morgan fingerprint density at radius 1 is 0.912 bits per heavy atom. The summed E-state index contributed by atoms with van der Waals surface area (Å²) in [6, 6.07) is 3.79. The van der Waals surface area contributed by atoms with Crippen molar-refractivity contribution in [1.82, 2.24) is 4.98 Å². The van der Waals surface area contributed by atoms with Gasteiger partial charge in [-0.3, -0.25) is 4.79 Å². The molecule has 0 bridgehead atoms. The van der Waals surface area contributed by atoms with Crippen molar-refractivity contribution < 1.29 is 28.5 Å². The SMILES string of the molecule is COc1cc([C@@H]2CC(=O)c3c([nH]c(C(=O)OC4CCCCCCC4)c3C)C2)cc(OC)c1OC. The smallest absolute Gasteiger partial charge is 0.355 e. The van der Waals surface area contributed by atoms with Gasteiger partial charge in [0.05, 0.1) is 21.3 Å². The van der Waals surface area contributed by atoms with E-state index in [9.17, 15) is 9.59 Å². The number of benzene rings is 1. The van der Waals surface area contributed by atoms with Gasteiger partial charge in [-0.25, -0.2) is 4.79 Å². The predicted octanol–water partition coefficient (Wildman–Crippen LogP) is 5.53. The van der Waals surface area contributed by atoms with E-state index in [1.54, 1.807) is 21.3 Å². The standard InChI is InChI=1S/C27H35NO6/c1-16-24-20(28-25(16)27(30)34-19-10-8-6-5-7-9-11-19)12-17(13-21(24)29)18-14-22(31-2)26(33-4)23(15-18)32-3/h14-15,17,19,28H,5-13H2,1-4H3/t17-/m0/s1. The third-order valence-electron chi connectivity index (χ3n) is 7.18. The molecule has 0 aliphatic heterocycles. The van der Waals surface area contributed by atoms with E-state index >= 15 is 0 Å². The van der Waals surface area contributed by atoms with E-state index in [1.807, 2.05) is 19.1 Å². The highest BCUT2D eigenvalue weighted by Gasteiger charge is 2.33. The van der Waals surface area contributed by atoms with E-state index in [1.165, 1.54) is 19.3 Å². The van der Waals surface area contributed by atoms with Gasteiger partial charge in [-0.1, -0.05) is 19.3 Å². The van der Waals surface area contributed by atoms with Crippen LogP contribution >= 0.6 is 0 Å². The second kappa shape index (κ2) is 10.5. The topological polar surface area (TPSA) is 86.9 Å². The number of carbonyl (C=O) groups excluding carboxylic acids is 2. The second-order valence-electron chi connectivity index (χ2n) is 9.34. The van der Waals surface area contributed by atoms with Gasteiger partial charge in [0.25, 0.3) is 0 Å². The van der Waals surface area contributed by atoms with Crippen LogP contribution in [0, 0.1) is 6.92 Å². The largest absolute Gasteiger partial charge is 0.493 e. The minimum atomic E-state index is -0.352. The van der Waals surface area contributed by atoms with Crippen molar-refractivity contribution in [3.8, 4) is 17.2 Å². The van der Waals surface area contributed by atoms with Gasteiger partial charge in [0, 0.05) is 17.7 Å². The molecule has 0 amide bonds. The first-order chi connectivity index (χ1) is 16.5. The van der Waals surface area contributed by atoms with Crippen LogP contribution in [-0.2, 0) is 11.2 Å². The van der Waals surface area contributed by atoms with Crippen molar-refractivity contribution in [2.24, 2.45) is 0 Å². The lowest BCUT2D eigenvalue weighted by atomic mass is 9.81. The molecule has 0 radical (unpaired) electrons. The zero-order chi connectivity index (χ0) is 24.2. The summed E-state index contributed by atoms with van der Waals surface area (Å²) in [4.78, 5) is 29.5. The Morgan fingerprint density at radius 2 is 1.53 bits per heavy atom. The summed E-state index contributed by atoms with van der Waals surface area (Å²) in [7, 11) is 4.72. The molecule has 1 fully saturated rings. The molecule has 1 N–H and O–H groups in total. The van der Waals surface area contributed by atoms with E-state index in [4.69, 9.17) is 18.9 Å². The van der Waals surface area contributed by atoms with Gasteiger partial charge in [-0.15, -0.1) is 0 Å². The number of rotatable bonds is 6. The molecule has 1 aromatic carbocycles. The lowest BCUT2D eigenvalue weighted by Crippen LogP contribution is -2.20. The summed E-state index contributed by atoms with van der Waals surface area (Å²) < 4.78 is 22.3. The Kier molecular flexibility index (Phi) is 7.49. The van der Waals surface area contributed by atoms with Gasteiger partial charge in [0.2, 0.25) is 5.75 Å². The lowest BCUT2D eigenvalue weighted by molar-refractivity contribution is 0.0232. The number of Topliss-reactive ketones (excluding diaryl/α,β-unsaturated/α-hetero) is 1. The van der Waals surface area contributed by atoms with E-state index in [0.717, 1.165) is 36.9 Å². The number of ketones is 1. The quantitative estimate of drug-likeness (QED) is 0.560. The number of methoxy groups -OCH3 is 3. The summed E-state index contributed by atoms with van der Waals surface area (Å²) in [6.07, 6.45) is 8.56. The summed E-state index contributed by atoms with van der Waals surface area (Å²) in [6.45, 7) is 1.84. The Hall–Kier alpha value is -2.96. The van der Waals surface area contributed by atoms with Crippen molar-refractivity contribution in [3.05, 3.63) is 40.2 Å². The maximum Gasteiger partial charge on any atom is 0.355 e. The molecule has 7 nitrogen and oxygen atoms in total. The van der Waals surface area contributed by atoms with Gasteiger partial charge in [0.15, 0.2) is 17.3 Å². The molecule has 2 aliphatic carbocycles. The van der Waals surface area contributed by atoms with Crippen LogP contribution in [0.2, 0.25) is 0 Å². The predicted molar refractivity (Wildman–Crippen MR) is 129 cm³/mol. The molecule has 34 heavy (non-hydrogen) atoms. The molecule has 1 atom stereocenters. The van der Waals surface area contributed by atoms with Gasteiger partial charge in [0.1, 0.15) is 11.8 Å². The number of aromatic nitrogens is 1. The molecule has 2 aliphatic rings. The highest BCUT2D eigenvalue weighted by Crippen LogP contribution is 2.43. The van der Waals surface area contributed by atoms with Gasteiger partial charge < -0.3 is 23.9 Å². The van der Waals surface area contributed by atoms with Crippen LogP contribution in [0.3, 0.4) is 0 Å². The van der Waals surface area contributed by atoms with Crippen LogP contribution in [0.1, 0.15) is 95.0 Å². The minimum absolute atomic E-state index is 0.0266. The van der Waals surface area contributed by atoms with Crippen molar-refractivity contribution in [3.63, 3.8) is 0 Å². The number of hydrogen-bond acceptors (Lipinski definition) is 6. The third-order valence-corrected chi connectivity index (χ3v) is 7.18. The van der Waals surface area contributed by atoms with E-state index < -0.39 is 0 Å². The lowest BCUT2D eigenvalue weighted by Gasteiger charge is -2.24. The van der Waals surface area contributed by atoms with Crippen molar-refractivity contribution in [2.45, 2.75) is 76.7 Å². The zero-order valence-electron chi connectivity index (χ0n) is 20.6. The Labute approximate surface area is 201 Å². The van der Waals surface area contributed by atoms with Crippen LogP contribution in [0.4, 0.5) is 0 Å². The first-order valence-corrected chi connectivity index (χ1v) is 12.2. The van der Waals surface area contributed by atoms with E-state index in [2.05, 4.69) is 4.98 Å². The normalized spacial score (nSPS) is 19.1. The molecule has 2 aromatic rings. The highest BCUT2D eigenvalue weighted by molar-refractivity contribution is 6.03. The van der Waals surface area contributed by atoms with Crippen LogP contribution in [-0.4, -0.2) is 44.2 Å². The molecule has 1 aromatic heterocycles. The number of hydrogen-bond donors (Lipinski definition) is 1. The fraction of sp³-hybridized carbons (Fsp3) is 0.556.